The van der Waals surface area contributed by atoms with Crippen LogP contribution in [0.15, 0.2) is 45.3 Å². The number of nitrogens with zero attached hydrogens (tertiary/aromatic N) is 2. The average molecular weight is 671 g/mol. The Morgan fingerprint density at radius 3 is 2.34 bits per heavy atom. The fraction of sp³-hybridized carbons (Fsp3) is 0.423. The maximum atomic E-state index is 12.9. The van der Waals surface area contributed by atoms with Crippen molar-refractivity contribution in [2.24, 2.45) is 5.41 Å². The van der Waals surface area contributed by atoms with Gasteiger partial charge < -0.3 is 10.4 Å². The zero-order chi connectivity index (χ0) is 28.2. The van der Waals surface area contributed by atoms with E-state index in [0.29, 0.717) is 25.1 Å². The molecule has 3 heterocycles. The van der Waals surface area contributed by atoms with E-state index in [4.69, 9.17) is 5.11 Å². The summed E-state index contributed by atoms with van der Waals surface area (Å²) in [6.07, 6.45) is 1.20. The van der Waals surface area contributed by atoms with Crippen LogP contribution < -0.4 is 10.2 Å². The Kier molecular flexibility index (Phi) is 7.59. The second-order valence-electron chi connectivity index (χ2n) is 10.9. The number of amides is 3. The number of fused-ring (bicyclic) bond motifs is 3. The number of hydrogen-bond donors (Lipinski definition) is 2. The molecule has 1 fully saturated rings. The van der Waals surface area contributed by atoms with Gasteiger partial charge in [0.15, 0.2) is 0 Å². The molecule has 5 rings (SSSR count). The second-order valence-corrected chi connectivity index (χ2v) is 14.7. The van der Waals surface area contributed by atoms with Crippen LogP contribution in [0.2, 0.25) is 0 Å². The summed E-state index contributed by atoms with van der Waals surface area (Å²) < 4.78 is 27.7. The van der Waals surface area contributed by atoms with Gasteiger partial charge in [0, 0.05) is 27.2 Å². The van der Waals surface area contributed by atoms with Gasteiger partial charge in [0.2, 0.25) is 21.8 Å². The van der Waals surface area contributed by atoms with Crippen LogP contribution in [0.5, 0.6) is 0 Å². The number of carbonyl (C=O) groups is 3. The van der Waals surface area contributed by atoms with Gasteiger partial charge in [-0.05, 0) is 53.6 Å². The van der Waals surface area contributed by atoms with Crippen LogP contribution in [0, 0.1) is 5.41 Å². The molecule has 1 saturated heterocycles. The molecule has 2 atom stereocenters. The number of imide groups is 1. The van der Waals surface area contributed by atoms with Gasteiger partial charge in [-0.15, -0.1) is 0 Å². The first-order chi connectivity index (χ1) is 17.5. The third-order valence-electron chi connectivity index (χ3n) is 7.32. The predicted molar refractivity (Wildman–Crippen MR) is 152 cm³/mol. The van der Waals surface area contributed by atoms with Gasteiger partial charge in [-0.2, -0.15) is 4.31 Å². The molecule has 9 nitrogen and oxygen atoms in total. The van der Waals surface area contributed by atoms with Crippen molar-refractivity contribution in [3.05, 3.63) is 56.5 Å². The number of piperidine rings is 1. The number of hydrogen-bond acceptors (Lipinski definition) is 5. The molecule has 3 aliphatic heterocycles. The maximum absolute atomic E-state index is 12.9. The number of carbonyl (C=O) groups excluding carboxylic acids is 2. The van der Waals surface area contributed by atoms with Gasteiger partial charge in [0.05, 0.1) is 23.8 Å². The van der Waals surface area contributed by atoms with Crippen LogP contribution in [0.3, 0.4) is 0 Å². The third kappa shape index (κ3) is 5.28. The van der Waals surface area contributed by atoms with Crippen LogP contribution in [-0.2, 0) is 31.4 Å². The van der Waals surface area contributed by atoms with E-state index in [9.17, 15) is 22.8 Å². The highest BCUT2D eigenvalue weighted by molar-refractivity contribution is 9.10. The van der Waals surface area contributed by atoms with Crippen molar-refractivity contribution >= 4 is 71.2 Å². The summed E-state index contributed by atoms with van der Waals surface area (Å²) in [4.78, 5) is 35.7. The Labute approximate surface area is 238 Å². The van der Waals surface area contributed by atoms with Crippen molar-refractivity contribution in [1.82, 2.24) is 4.31 Å². The minimum Gasteiger partial charge on any atom is -0.464 e. The van der Waals surface area contributed by atoms with E-state index in [1.807, 2.05) is 39.0 Å². The Balaban J connectivity index is 0.000000204. The number of benzene rings is 2. The quantitative estimate of drug-likeness (QED) is 0.434. The lowest BCUT2D eigenvalue weighted by Gasteiger charge is -2.48. The Morgan fingerprint density at radius 2 is 1.74 bits per heavy atom. The zero-order valence-corrected chi connectivity index (χ0v) is 25.4. The molecule has 3 aliphatic rings. The van der Waals surface area contributed by atoms with Crippen molar-refractivity contribution in [3.63, 3.8) is 0 Å². The minimum atomic E-state index is -3.31. The first kappa shape index (κ1) is 28.7. The highest BCUT2D eigenvalue weighted by Gasteiger charge is 2.54. The van der Waals surface area contributed by atoms with Gasteiger partial charge in [-0.3, -0.25) is 9.59 Å². The Bertz CT molecular complexity index is 1440. The lowest BCUT2D eigenvalue weighted by molar-refractivity contribution is -0.123. The number of carboxylic acid groups (broad SMARTS) is 1. The molecular weight excluding hydrogens is 642 g/mol. The lowest BCUT2D eigenvalue weighted by Crippen LogP contribution is -2.57. The molecular formula is C26H29Br2N3O6S. The molecule has 12 heteroatoms. The van der Waals surface area contributed by atoms with Crippen LogP contribution in [-0.4, -0.2) is 54.6 Å². The van der Waals surface area contributed by atoms with Crippen molar-refractivity contribution in [2.45, 2.75) is 51.5 Å². The zero-order valence-electron chi connectivity index (χ0n) is 21.4. The van der Waals surface area contributed by atoms with Crippen molar-refractivity contribution in [1.29, 1.82) is 0 Å². The number of nitrogens with one attached hydrogen (secondary N) is 1. The van der Waals surface area contributed by atoms with E-state index in [-0.39, 0.29) is 23.8 Å². The van der Waals surface area contributed by atoms with Crippen LogP contribution in [0.25, 0.3) is 0 Å². The topological polar surface area (TPSA) is 124 Å². The number of halogens is 2. The van der Waals surface area contributed by atoms with Gasteiger partial charge in [-0.1, -0.05) is 64.8 Å². The van der Waals surface area contributed by atoms with Crippen LogP contribution in [0.1, 0.15) is 44.7 Å². The monoisotopic (exact) mass is 669 g/mol. The van der Waals surface area contributed by atoms with E-state index in [2.05, 4.69) is 37.2 Å². The molecule has 3 amide bonds. The third-order valence-corrected chi connectivity index (χ3v) is 9.60. The molecule has 0 saturated carbocycles. The standard InChI is InChI=1S/C17H23BrN2O3S.C9H6BrNO3/c1-16(2,3)14-10-17(7-8-20(14)24(4,22)23)12-6-5-11(18)9-13(12)19-15(17)21;10-6-2-1-5-3-8(12)11(9(13)14)7(5)4-6/h5-6,9,14H,7-8,10H2,1-4H3,(H,19,21);1-2,4H,3H2,(H,13,14). The van der Waals surface area contributed by atoms with E-state index in [1.165, 1.54) is 6.26 Å². The SMILES string of the molecule is CC(C)(C)C1CC2(CCN1S(C)(=O)=O)C(=O)Nc1cc(Br)ccc12.O=C(O)N1C(=O)Cc2ccc(Br)cc21. The summed E-state index contributed by atoms with van der Waals surface area (Å²) in [6, 6.07) is 10.8. The molecule has 2 aromatic carbocycles. The smallest absolute Gasteiger partial charge is 0.418 e. The highest BCUT2D eigenvalue weighted by atomic mass is 79.9. The second kappa shape index (κ2) is 10.0. The normalized spacial score (nSPS) is 23.0. The fourth-order valence-electron chi connectivity index (χ4n) is 5.46. The van der Waals surface area contributed by atoms with Gasteiger partial charge in [0.1, 0.15) is 0 Å². The van der Waals surface area contributed by atoms with Crippen LogP contribution in [0.4, 0.5) is 16.2 Å². The summed E-state index contributed by atoms with van der Waals surface area (Å²) in [6.45, 7) is 6.46. The summed E-state index contributed by atoms with van der Waals surface area (Å²) in [7, 11) is -3.31. The van der Waals surface area contributed by atoms with E-state index in [1.54, 1.807) is 22.5 Å². The van der Waals surface area contributed by atoms with Gasteiger partial charge >= 0.3 is 6.09 Å². The first-order valence-electron chi connectivity index (χ1n) is 12.0. The largest absolute Gasteiger partial charge is 0.464 e. The van der Waals surface area contributed by atoms with E-state index >= 15 is 0 Å². The molecule has 204 valence electrons. The van der Waals surface area contributed by atoms with Crippen molar-refractivity contribution in [2.75, 3.05) is 23.0 Å². The molecule has 2 aromatic rings. The molecule has 38 heavy (non-hydrogen) atoms. The van der Waals surface area contributed by atoms with E-state index < -0.39 is 27.4 Å². The van der Waals surface area contributed by atoms with Crippen molar-refractivity contribution in [3.8, 4) is 0 Å². The fourth-order valence-corrected chi connectivity index (χ4v) is 7.44. The predicted octanol–water partition coefficient (Wildman–Crippen LogP) is 5.13. The number of sulfonamides is 1. The molecule has 0 radical (unpaired) electrons. The van der Waals surface area contributed by atoms with E-state index in [0.717, 1.165) is 30.7 Å². The molecule has 2 unspecified atom stereocenters. The molecule has 0 bridgehead atoms. The summed E-state index contributed by atoms with van der Waals surface area (Å²) in [5, 5.41) is 11.8. The average Bonchev–Trinajstić information content (AvgIpc) is 3.25. The van der Waals surface area contributed by atoms with Gasteiger partial charge in [-0.25, -0.2) is 18.1 Å². The highest BCUT2D eigenvalue weighted by Crippen LogP contribution is 2.50. The Morgan fingerprint density at radius 1 is 1.11 bits per heavy atom. The first-order valence-corrected chi connectivity index (χ1v) is 15.4. The molecule has 0 aliphatic carbocycles. The number of anilines is 2. The van der Waals surface area contributed by atoms with Crippen LogP contribution >= 0.6 is 31.9 Å². The summed E-state index contributed by atoms with van der Waals surface area (Å²) >= 11 is 6.67. The lowest BCUT2D eigenvalue weighted by atomic mass is 9.67. The number of rotatable bonds is 1. The molecule has 0 aromatic heterocycles. The molecule has 2 N–H and O–H groups in total. The summed E-state index contributed by atoms with van der Waals surface area (Å²) in [5.74, 6) is -0.413. The summed E-state index contributed by atoms with van der Waals surface area (Å²) in [5.41, 5.74) is 2.12. The Hall–Kier alpha value is -2.28. The minimum absolute atomic E-state index is 0.0157. The molecule has 1 spiro atoms. The maximum Gasteiger partial charge on any atom is 0.418 e. The van der Waals surface area contributed by atoms with Crippen molar-refractivity contribution < 1.29 is 27.9 Å². The van der Waals surface area contributed by atoms with Gasteiger partial charge in [0.25, 0.3) is 0 Å².